The molecule has 0 aliphatic carbocycles. The van der Waals surface area contributed by atoms with Crippen LogP contribution in [0.4, 0.5) is 0 Å². The zero-order valence-corrected chi connectivity index (χ0v) is 13.8. The molecule has 2 aromatic heterocycles. The van der Waals surface area contributed by atoms with Crippen LogP contribution in [0.3, 0.4) is 0 Å². The Morgan fingerprint density at radius 3 is 2.83 bits per heavy atom. The number of aromatic nitrogens is 4. The van der Waals surface area contributed by atoms with Crippen LogP contribution in [-0.4, -0.2) is 52.4 Å². The van der Waals surface area contributed by atoms with Gasteiger partial charge in [-0.05, 0) is 18.8 Å². The van der Waals surface area contributed by atoms with Crippen LogP contribution < -0.4 is 4.74 Å². The standard InChI is InChI=1S/C16H20N4O4/c1-20-10-17-8-13(20)15-18-12(16(21)22-2)7-14(19-15)24-9-11-3-5-23-6-4-11/h7-8,10-11H,3-6,9H2,1-2H3. The molecule has 0 aromatic carbocycles. The molecule has 24 heavy (non-hydrogen) atoms. The molecule has 1 aliphatic rings. The first-order valence-electron chi connectivity index (χ1n) is 7.82. The van der Waals surface area contributed by atoms with E-state index in [2.05, 4.69) is 15.0 Å². The molecule has 0 radical (unpaired) electrons. The van der Waals surface area contributed by atoms with E-state index >= 15 is 0 Å². The summed E-state index contributed by atoms with van der Waals surface area (Å²) in [4.78, 5) is 24.6. The van der Waals surface area contributed by atoms with Crippen molar-refractivity contribution >= 4 is 5.97 Å². The van der Waals surface area contributed by atoms with Gasteiger partial charge in [0.2, 0.25) is 5.88 Å². The average Bonchev–Trinajstić information content (AvgIpc) is 3.06. The van der Waals surface area contributed by atoms with E-state index in [1.165, 1.54) is 13.2 Å². The lowest BCUT2D eigenvalue weighted by Gasteiger charge is -2.21. The number of hydrogen-bond acceptors (Lipinski definition) is 7. The van der Waals surface area contributed by atoms with Gasteiger partial charge in [-0.15, -0.1) is 0 Å². The molecule has 0 bridgehead atoms. The maximum Gasteiger partial charge on any atom is 0.356 e. The van der Waals surface area contributed by atoms with Gasteiger partial charge in [0.05, 0.1) is 26.2 Å². The summed E-state index contributed by atoms with van der Waals surface area (Å²) in [5.74, 6) is 0.625. The highest BCUT2D eigenvalue weighted by molar-refractivity contribution is 5.87. The highest BCUT2D eigenvalue weighted by Gasteiger charge is 2.18. The summed E-state index contributed by atoms with van der Waals surface area (Å²) in [6.45, 7) is 2.04. The second kappa shape index (κ2) is 7.39. The van der Waals surface area contributed by atoms with Crippen molar-refractivity contribution in [1.29, 1.82) is 0 Å². The number of nitrogens with zero attached hydrogens (tertiary/aromatic N) is 4. The Morgan fingerprint density at radius 1 is 1.38 bits per heavy atom. The molecule has 1 fully saturated rings. The van der Waals surface area contributed by atoms with E-state index in [1.807, 2.05) is 7.05 Å². The third-order valence-corrected chi connectivity index (χ3v) is 3.95. The molecule has 1 saturated heterocycles. The first-order valence-corrected chi connectivity index (χ1v) is 7.82. The van der Waals surface area contributed by atoms with Crippen molar-refractivity contribution in [3.8, 4) is 17.4 Å². The minimum absolute atomic E-state index is 0.158. The number of carbonyl (C=O) groups excluding carboxylic acids is 1. The molecule has 3 rings (SSSR count). The first-order chi connectivity index (χ1) is 11.7. The summed E-state index contributed by atoms with van der Waals surface area (Å²) in [7, 11) is 3.15. The highest BCUT2D eigenvalue weighted by atomic mass is 16.5. The number of hydrogen-bond donors (Lipinski definition) is 0. The molecule has 8 heteroatoms. The number of imidazole rings is 1. The lowest BCUT2D eigenvalue weighted by Crippen LogP contribution is -2.22. The molecule has 0 saturated carbocycles. The van der Waals surface area contributed by atoms with Crippen LogP contribution in [0.1, 0.15) is 23.3 Å². The molecule has 0 unspecified atom stereocenters. The fraction of sp³-hybridized carbons (Fsp3) is 0.500. The van der Waals surface area contributed by atoms with Gasteiger partial charge >= 0.3 is 5.97 Å². The van der Waals surface area contributed by atoms with Crippen LogP contribution in [0.2, 0.25) is 0 Å². The minimum atomic E-state index is -0.531. The lowest BCUT2D eigenvalue weighted by molar-refractivity contribution is 0.0489. The zero-order chi connectivity index (χ0) is 16.9. The van der Waals surface area contributed by atoms with E-state index in [9.17, 15) is 4.79 Å². The summed E-state index contributed by atoms with van der Waals surface area (Å²) < 4.78 is 17.7. The molecule has 128 valence electrons. The Morgan fingerprint density at radius 2 is 2.17 bits per heavy atom. The van der Waals surface area contributed by atoms with Crippen molar-refractivity contribution in [3.05, 3.63) is 24.3 Å². The second-order valence-corrected chi connectivity index (χ2v) is 5.66. The van der Waals surface area contributed by atoms with Crippen molar-refractivity contribution in [2.24, 2.45) is 13.0 Å². The molecule has 0 N–H and O–H groups in total. The maximum atomic E-state index is 11.9. The summed E-state index contributed by atoms with van der Waals surface area (Å²) in [6, 6.07) is 1.50. The predicted molar refractivity (Wildman–Crippen MR) is 84.6 cm³/mol. The van der Waals surface area contributed by atoms with Crippen molar-refractivity contribution in [2.75, 3.05) is 26.9 Å². The van der Waals surface area contributed by atoms with Gasteiger partial charge in [0.1, 0.15) is 5.69 Å². The molecular weight excluding hydrogens is 312 g/mol. The van der Waals surface area contributed by atoms with Crippen LogP contribution in [0.5, 0.6) is 5.88 Å². The van der Waals surface area contributed by atoms with Crippen LogP contribution in [0.25, 0.3) is 11.5 Å². The zero-order valence-electron chi connectivity index (χ0n) is 13.8. The van der Waals surface area contributed by atoms with Gasteiger partial charge < -0.3 is 18.8 Å². The van der Waals surface area contributed by atoms with Crippen LogP contribution >= 0.6 is 0 Å². The molecular formula is C16H20N4O4. The van der Waals surface area contributed by atoms with Gasteiger partial charge in [0, 0.05) is 26.3 Å². The SMILES string of the molecule is COC(=O)c1cc(OCC2CCOCC2)nc(-c2cncn2C)n1. The Bertz CT molecular complexity index is 710. The number of methoxy groups -OCH3 is 1. The third-order valence-electron chi connectivity index (χ3n) is 3.95. The highest BCUT2D eigenvalue weighted by Crippen LogP contribution is 2.21. The number of rotatable bonds is 5. The molecule has 1 aliphatic heterocycles. The Balaban J connectivity index is 1.84. The van der Waals surface area contributed by atoms with E-state index < -0.39 is 5.97 Å². The van der Waals surface area contributed by atoms with Crippen molar-refractivity contribution in [1.82, 2.24) is 19.5 Å². The quantitative estimate of drug-likeness (QED) is 0.766. The fourth-order valence-corrected chi connectivity index (χ4v) is 2.51. The largest absolute Gasteiger partial charge is 0.477 e. The smallest absolute Gasteiger partial charge is 0.356 e. The van der Waals surface area contributed by atoms with Gasteiger partial charge in [-0.1, -0.05) is 0 Å². The number of aryl methyl sites for hydroxylation is 1. The molecule has 0 spiro atoms. The predicted octanol–water partition coefficient (Wildman–Crippen LogP) is 1.47. The topological polar surface area (TPSA) is 88.4 Å². The van der Waals surface area contributed by atoms with E-state index in [0.29, 0.717) is 29.9 Å². The minimum Gasteiger partial charge on any atom is -0.477 e. The van der Waals surface area contributed by atoms with Gasteiger partial charge in [0.15, 0.2) is 11.5 Å². The molecule has 3 heterocycles. The number of esters is 1. The first kappa shape index (κ1) is 16.4. The number of ether oxygens (including phenoxy) is 3. The Kier molecular flexibility index (Phi) is 5.05. The summed E-state index contributed by atoms with van der Waals surface area (Å²) in [6.07, 6.45) is 5.21. The average molecular weight is 332 g/mol. The molecule has 0 atom stereocenters. The van der Waals surface area contributed by atoms with Crippen LogP contribution in [-0.2, 0) is 16.5 Å². The summed E-state index contributed by atoms with van der Waals surface area (Å²) in [5.41, 5.74) is 0.849. The fourth-order valence-electron chi connectivity index (χ4n) is 2.51. The molecule has 0 amide bonds. The van der Waals surface area contributed by atoms with E-state index in [1.54, 1.807) is 17.1 Å². The van der Waals surface area contributed by atoms with E-state index in [-0.39, 0.29) is 5.69 Å². The molecule has 8 nitrogen and oxygen atoms in total. The summed E-state index contributed by atoms with van der Waals surface area (Å²) >= 11 is 0. The maximum absolute atomic E-state index is 11.9. The van der Waals surface area contributed by atoms with Crippen LogP contribution in [0, 0.1) is 5.92 Å². The normalized spacial score (nSPS) is 15.2. The monoisotopic (exact) mass is 332 g/mol. The molecule has 2 aromatic rings. The lowest BCUT2D eigenvalue weighted by atomic mass is 10.0. The Hall–Kier alpha value is -2.48. The van der Waals surface area contributed by atoms with Crippen LogP contribution in [0.15, 0.2) is 18.6 Å². The van der Waals surface area contributed by atoms with Crippen molar-refractivity contribution in [3.63, 3.8) is 0 Å². The van der Waals surface area contributed by atoms with Crippen molar-refractivity contribution in [2.45, 2.75) is 12.8 Å². The van der Waals surface area contributed by atoms with E-state index in [0.717, 1.165) is 26.1 Å². The number of carbonyl (C=O) groups is 1. The van der Waals surface area contributed by atoms with E-state index in [4.69, 9.17) is 14.2 Å². The van der Waals surface area contributed by atoms with Gasteiger partial charge in [-0.25, -0.2) is 14.8 Å². The van der Waals surface area contributed by atoms with Crippen molar-refractivity contribution < 1.29 is 19.0 Å². The van der Waals surface area contributed by atoms with Gasteiger partial charge in [0.25, 0.3) is 0 Å². The van der Waals surface area contributed by atoms with Gasteiger partial charge in [-0.2, -0.15) is 4.98 Å². The Labute approximate surface area is 139 Å². The second-order valence-electron chi connectivity index (χ2n) is 5.66. The third kappa shape index (κ3) is 3.70. The van der Waals surface area contributed by atoms with Gasteiger partial charge in [-0.3, -0.25) is 0 Å². The summed E-state index contributed by atoms with van der Waals surface area (Å²) in [5, 5.41) is 0.